The van der Waals surface area contributed by atoms with E-state index >= 15 is 0 Å². The van der Waals surface area contributed by atoms with Crippen LogP contribution in [0.1, 0.15) is 198 Å². The standard InChI is InChI=1S/2C17H13N3O5.C16H13N5O5.C16H15N5O3.2C16H14N4O3/c1-19-16(22)12-6-9(7-13(18)15(12)17(19)23)8-14(21)10-2-4-11(5-3-10)20(24)25;1-19-16(22)12-5-9(6-13(18)15(12)17(19)23)7-14(21)10-3-2-4-11(8-10)20(24)25;1-20-15(23)11-5-9(6-12(18)13(11)16(20)24)19-14(22)7-2-8(17)4-10(3-7)21(25)26;1-21-15(23)11-5-10(6-12(19)13(11)16(21)24)20-14(22)7-2-8(17)4-9(18)3-7;1-20-15(22)11-6-10(7-12(18)13(11)16(20)23)19-14(21)8-2-4-9(17)5-3-8;1-20-15(22)11-6-10(7-12(18)13(11)16(20)23)19-14(21)8-3-2-4-9(17)5-8/h2-7H,8,18H2,1H3;2-6,8H,7,18H2,1H3;2-6H,17-18H2,1H3,(H,19,22);2-6H,17-19H2,1H3,(H,20,22);2*2-7H,17-18H2,1H3,(H,19,21). The SMILES string of the molecule is CN1C(=O)c2cc(CC(=O)c3ccc([N+](=O)[O-])cc3)cc(N)c2C1=O.CN1C(=O)c2cc(CC(=O)c3cccc([N+](=O)[O-])c3)cc(N)c2C1=O.CN1C(=O)c2cc(NC(=O)c3cc(N)cc(N)c3)cc(N)c2C1=O.CN1C(=O)c2cc(NC(=O)c3cc(N)cc([N+](=O)[O-])c3)cc(N)c2C1=O.CN1C(=O)c2cc(NC(=O)c3ccc(N)cc3)cc(N)c2C1=O.CN1C(=O)c2cc(NC(=O)c3cccc(N)c3)cc(N)c2C1=O. The van der Waals surface area contributed by atoms with E-state index in [1.54, 1.807) is 42.5 Å². The Bertz CT molecular complexity index is 7820. The van der Waals surface area contributed by atoms with E-state index in [2.05, 4.69) is 21.3 Å². The van der Waals surface area contributed by atoms with Gasteiger partial charge in [-0.15, -0.1) is 0 Å². The molecule has 48 nitrogen and oxygen atoms in total. The van der Waals surface area contributed by atoms with Crippen molar-refractivity contribution in [2.75, 3.05) is 127 Å². The average Bonchev–Trinajstić information content (AvgIpc) is 1.65. The molecule has 0 bridgehead atoms. The predicted octanol–water partition coefficient (Wildman–Crippen LogP) is 8.46. The highest BCUT2D eigenvalue weighted by Gasteiger charge is 2.42. The second-order valence-corrected chi connectivity index (χ2v) is 33.0. The summed E-state index contributed by atoms with van der Waals surface area (Å²) in [7, 11) is 8.20. The topological polar surface area (TPSA) is 790 Å². The molecule has 0 saturated carbocycles. The Labute approximate surface area is 822 Å². The largest absolute Gasteiger partial charge is 0.399 e. The summed E-state index contributed by atoms with van der Waals surface area (Å²) in [6, 6.07) is 48.7. The second kappa shape index (κ2) is 40.8. The van der Waals surface area contributed by atoms with Crippen molar-refractivity contribution < 1.29 is 101 Å². The van der Waals surface area contributed by atoms with Gasteiger partial charge >= 0.3 is 0 Å². The summed E-state index contributed by atoms with van der Waals surface area (Å²) in [4.78, 5) is 254. The van der Waals surface area contributed by atoms with E-state index in [0.717, 1.165) is 41.5 Å². The highest BCUT2D eigenvalue weighted by Crippen LogP contribution is 2.38. The van der Waals surface area contributed by atoms with Crippen molar-refractivity contribution in [3.63, 3.8) is 0 Å². The van der Waals surface area contributed by atoms with Crippen molar-refractivity contribution in [1.29, 1.82) is 0 Å². The number of amides is 16. The lowest BCUT2D eigenvalue weighted by Gasteiger charge is -2.09. The van der Waals surface area contributed by atoms with Gasteiger partial charge in [-0.2, -0.15) is 0 Å². The molecule has 0 spiro atoms. The summed E-state index contributed by atoms with van der Waals surface area (Å²) in [6.07, 6.45) is -0.135. The van der Waals surface area contributed by atoms with E-state index in [1.165, 1.54) is 194 Å². The number of rotatable bonds is 17. The molecule has 6 aliphatic rings. The summed E-state index contributed by atoms with van der Waals surface area (Å²) < 4.78 is 0. The first kappa shape index (κ1) is 102. The number of hydrogen-bond donors (Lipinski definition) is 15. The number of fused-ring (bicyclic) bond motifs is 6. The Balaban J connectivity index is 0.000000147. The van der Waals surface area contributed by atoms with E-state index in [4.69, 9.17) is 63.1 Å². The second-order valence-electron chi connectivity index (χ2n) is 33.0. The van der Waals surface area contributed by atoms with Gasteiger partial charge in [0.25, 0.3) is 112 Å². The number of nitro benzene ring substituents is 3. The summed E-state index contributed by atoms with van der Waals surface area (Å²) in [5.41, 5.74) is 70.6. The monoisotopic (exact) mass is 1980 g/mol. The lowest BCUT2D eigenvalue weighted by molar-refractivity contribution is -0.385. The fraction of sp³-hybridized carbons (Fsp3) is 0.0816. The number of anilines is 15. The van der Waals surface area contributed by atoms with Gasteiger partial charge in [-0.05, 0) is 163 Å². The van der Waals surface area contributed by atoms with Crippen LogP contribution in [-0.2, 0) is 12.8 Å². The first-order valence-corrected chi connectivity index (χ1v) is 42.6. The predicted molar refractivity (Wildman–Crippen MR) is 532 cm³/mol. The molecule has 6 aliphatic heterocycles. The highest BCUT2D eigenvalue weighted by atomic mass is 16.6. The molecule has 26 N–H and O–H groups in total. The van der Waals surface area contributed by atoms with Gasteiger partial charge in [-0.25, -0.2) is 0 Å². The maximum atomic E-state index is 12.4. The van der Waals surface area contributed by atoms with Crippen LogP contribution in [-0.4, -0.2) is 193 Å². The van der Waals surface area contributed by atoms with Crippen molar-refractivity contribution in [2.24, 2.45) is 0 Å². The van der Waals surface area contributed by atoms with Crippen LogP contribution in [0.3, 0.4) is 0 Å². The number of hydrogen-bond acceptors (Lipinski definition) is 35. The summed E-state index contributed by atoms with van der Waals surface area (Å²) in [5.74, 6) is -8.17. The van der Waals surface area contributed by atoms with Gasteiger partial charge in [0.15, 0.2) is 11.6 Å². The third-order valence-electron chi connectivity index (χ3n) is 23.0. The molecule has 0 saturated heterocycles. The van der Waals surface area contributed by atoms with Gasteiger partial charge in [0, 0.05) is 210 Å². The van der Waals surface area contributed by atoms with Gasteiger partial charge in [-0.3, -0.25) is 146 Å². The first-order chi connectivity index (χ1) is 68.8. The minimum Gasteiger partial charge on any atom is -0.399 e. The zero-order valence-electron chi connectivity index (χ0n) is 77.2. The minimum atomic E-state index is -0.676. The molecule has 12 aromatic carbocycles. The Hall–Kier alpha value is -21.3. The van der Waals surface area contributed by atoms with Crippen LogP contribution in [0.2, 0.25) is 0 Å². The molecule has 738 valence electrons. The number of imide groups is 6. The number of nitrogens with one attached hydrogen (secondary N) is 4. The number of Topliss-reactive ketones (excluding diaryl/α,β-unsaturated/α-hetero) is 2. The Morgan fingerprint density at radius 3 is 0.842 bits per heavy atom. The fourth-order valence-electron chi connectivity index (χ4n) is 15.6. The molecule has 18 rings (SSSR count). The molecular weight excluding hydrogens is 1900 g/mol. The molecule has 12 aromatic rings. The van der Waals surface area contributed by atoms with Crippen LogP contribution >= 0.6 is 0 Å². The van der Waals surface area contributed by atoms with E-state index in [-0.39, 0.29) is 182 Å². The maximum absolute atomic E-state index is 12.4. The van der Waals surface area contributed by atoms with Gasteiger partial charge in [0.1, 0.15) is 0 Å². The number of non-ortho nitro benzene ring substituents is 3. The van der Waals surface area contributed by atoms with E-state index in [1.807, 2.05) is 0 Å². The van der Waals surface area contributed by atoms with Crippen molar-refractivity contribution in [3.05, 3.63) is 348 Å². The van der Waals surface area contributed by atoms with Crippen LogP contribution in [0.4, 0.5) is 102 Å². The Morgan fingerprint density at radius 1 is 0.240 bits per heavy atom. The van der Waals surface area contributed by atoms with Gasteiger partial charge < -0.3 is 84.3 Å². The summed E-state index contributed by atoms with van der Waals surface area (Å²) in [5, 5.41) is 42.8. The van der Waals surface area contributed by atoms with Crippen molar-refractivity contribution in [3.8, 4) is 0 Å². The number of nitrogens with two attached hydrogens (primary N) is 11. The molecule has 0 fully saturated rings. The minimum absolute atomic E-state index is 0.0321. The van der Waals surface area contributed by atoms with Crippen LogP contribution in [0.15, 0.2) is 206 Å². The lowest BCUT2D eigenvalue weighted by Crippen LogP contribution is -2.24. The summed E-state index contributed by atoms with van der Waals surface area (Å²) in [6.45, 7) is 0. The number of nitrogen functional groups attached to an aromatic ring is 11. The van der Waals surface area contributed by atoms with Crippen molar-refractivity contribution in [1.82, 2.24) is 29.4 Å². The van der Waals surface area contributed by atoms with Crippen LogP contribution in [0.25, 0.3) is 0 Å². The third kappa shape index (κ3) is 20.9. The number of nitrogens with zero attached hydrogens (tertiary/aromatic N) is 9. The number of carbonyl (C=O) groups is 18. The van der Waals surface area contributed by atoms with E-state index in [9.17, 15) is 117 Å². The van der Waals surface area contributed by atoms with Crippen LogP contribution in [0, 0.1) is 30.3 Å². The normalized spacial score (nSPS) is 13.1. The maximum Gasteiger partial charge on any atom is 0.272 e. The van der Waals surface area contributed by atoms with Gasteiger partial charge in [-0.1, -0.05) is 18.2 Å². The zero-order valence-corrected chi connectivity index (χ0v) is 77.2. The highest BCUT2D eigenvalue weighted by molar-refractivity contribution is 6.29. The van der Waals surface area contributed by atoms with Gasteiger partial charge in [0.05, 0.1) is 81.5 Å². The third-order valence-corrected chi connectivity index (χ3v) is 23.0. The quantitative estimate of drug-likeness (QED) is 0.0133. The molecule has 6 heterocycles. The molecule has 0 atom stereocenters. The van der Waals surface area contributed by atoms with E-state index < -0.39 is 97.5 Å². The molecule has 0 radical (unpaired) electrons. The molecule has 146 heavy (non-hydrogen) atoms. The average molecular weight is 1980 g/mol. The fourth-order valence-corrected chi connectivity index (χ4v) is 15.6. The number of carbonyl (C=O) groups excluding carboxylic acids is 18. The van der Waals surface area contributed by atoms with Gasteiger partial charge in [0.2, 0.25) is 0 Å². The van der Waals surface area contributed by atoms with E-state index in [0.29, 0.717) is 67.6 Å². The summed E-state index contributed by atoms with van der Waals surface area (Å²) >= 11 is 0. The van der Waals surface area contributed by atoms with Crippen molar-refractivity contribution in [2.45, 2.75) is 12.8 Å². The Kier molecular flexibility index (Phi) is 28.5. The molecular formula is C98H82N24O24. The van der Waals surface area contributed by atoms with Crippen LogP contribution in [0.5, 0.6) is 0 Å². The smallest absolute Gasteiger partial charge is 0.272 e. The molecule has 0 aromatic heterocycles. The molecule has 0 aliphatic carbocycles. The van der Waals surface area contributed by atoms with Crippen molar-refractivity contribution >= 4 is 208 Å². The molecule has 16 amide bonds. The molecule has 0 unspecified atom stereocenters. The Morgan fingerprint density at radius 2 is 0.507 bits per heavy atom. The first-order valence-electron chi connectivity index (χ1n) is 42.6. The number of ketones is 2. The molecule has 48 heteroatoms. The van der Waals surface area contributed by atoms with Crippen LogP contribution < -0.4 is 84.3 Å². The number of benzene rings is 12. The number of nitro groups is 3. The lowest BCUT2D eigenvalue weighted by atomic mass is 9.98. The zero-order chi connectivity index (χ0) is 107.